The number of allylic oxidation sites excluding steroid dienone is 2. The smallest absolute Gasteiger partial charge is 0.307 e. The highest BCUT2D eigenvalue weighted by Gasteiger charge is 2.33. The van der Waals surface area contributed by atoms with Crippen molar-refractivity contribution in [2.75, 3.05) is 6.61 Å². The lowest BCUT2D eigenvalue weighted by Gasteiger charge is -2.15. The Labute approximate surface area is 102 Å². The van der Waals surface area contributed by atoms with Crippen LogP contribution in [0.2, 0.25) is 0 Å². The van der Waals surface area contributed by atoms with E-state index < -0.39 is 0 Å². The zero-order chi connectivity index (χ0) is 12.7. The Kier molecular flexibility index (Phi) is 5.48. The summed E-state index contributed by atoms with van der Waals surface area (Å²) in [7, 11) is 0. The van der Waals surface area contributed by atoms with Crippen LogP contribution >= 0.6 is 0 Å². The quantitative estimate of drug-likeness (QED) is 0.416. The third-order valence-corrected chi connectivity index (χ3v) is 3.07. The summed E-state index contributed by atoms with van der Waals surface area (Å²) in [6.07, 6.45) is 11.3. The van der Waals surface area contributed by atoms with E-state index in [1.807, 2.05) is 19.1 Å². The third kappa shape index (κ3) is 4.44. The molecule has 1 fully saturated rings. The molecule has 0 N–H and O–H groups in total. The van der Waals surface area contributed by atoms with Crippen molar-refractivity contribution in [3.63, 3.8) is 0 Å². The molecule has 3 nitrogen and oxygen atoms in total. The first kappa shape index (κ1) is 13.5. The molecule has 0 aromatic heterocycles. The van der Waals surface area contributed by atoms with E-state index in [1.165, 1.54) is 0 Å². The average Bonchev–Trinajstić information content (AvgIpc) is 2.64. The highest BCUT2D eigenvalue weighted by atomic mass is 16.5. The highest BCUT2D eigenvalue weighted by molar-refractivity contribution is 5.82. The van der Waals surface area contributed by atoms with Crippen molar-refractivity contribution in [2.45, 2.75) is 32.6 Å². The molecule has 1 aliphatic rings. The number of ether oxygens (including phenoxy) is 1. The van der Waals surface area contributed by atoms with Gasteiger partial charge in [0.1, 0.15) is 5.78 Å². The number of esters is 1. The number of hydrogen-bond donors (Lipinski definition) is 0. The van der Waals surface area contributed by atoms with Crippen LogP contribution in [-0.4, -0.2) is 18.4 Å². The molecule has 3 heteroatoms. The Bertz CT molecular complexity index is 349. The molecule has 2 unspecified atom stereocenters. The second-order valence-electron chi connectivity index (χ2n) is 4.34. The summed E-state index contributed by atoms with van der Waals surface area (Å²) in [5, 5.41) is 0. The Morgan fingerprint density at radius 3 is 2.88 bits per heavy atom. The van der Waals surface area contributed by atoms with E-state index >= 15 is 0 Å². The van der Waals surface area contributed by atoms with Crippen LogP contribution < -0.4 is 0 Å². The number of carbonyl (C=O) groups excluding carboxylic acids is 2. The molecule has 92 valence electrons. The maximum atomic E-state index is 11.4. The summed E-state index contributed by atoms with van der Waals surface area (Å²) in [5.41, 5.74) is 0. The molecule has 0 bridgehead atoms. The molecule has 0 heterocycles. The fourth-order valence-corrected chi connectivity index (χ4v) is 2.22. The fraction of sp³-hybridized carbons (Fsp3) is 0.571. The van der Waals surface area contributed by atoms with Gasteiger partial charge in [-0.3, -0.25) is 9.59 Å². The largest absolute Gasteiger partial charge is 0.452 e. The molecule has 1 aliphatic carbocycles. The van der Waals surface area contributed by atoms with Crippen molar-refractivity contribution in [3.05, 3.63) is 12.2 Å². The topological polar surface area (TPSA) is 43.4 Å². The molecular formula is C14H18O3. The Morgan fingerprint density at radius 2 is 2.24 bits per heavy atom. The van der Waals surface area contributed by atoms with E-state index in [0.717, 1.165) is 6.42 Å². The molecule has 0 radical (unpaired) electrons. The van der Waals surface area contributed by atoms with Gasteiger partial charge in [0, 0.05) is 19.3 Å². The molecule has 1 saturated carbocycles. The number of rotatable bonds is 5. The van der Waals surface area contributed by atoms with Gasteiger partial charge in [0.05, 0.1) is 0 Å². The van der Waals surface area contributed by atoms with Gasteiger partial charge in [-0.25, -0.2) is 0 Å². The first-order chi connectivity index (χ1) is 8.17. The predicted octanol–water partition coefficient (Wildman–Crippen LogP) is 2.11. The molecule has 0 aromatic carbocycles. The standard InChI is InChI=1S/C14H18O3/c1-3-5-6-11-8-13(15)9-12(11)10-14(16)17-7-4-2/h2-3,5,11-12H,6-10H2,1H3. The molecule has 0 amide bonds. The van der Waals surface area contributed by atoms with Crippen molar-refractivity contribution in [3.8, 4) is 12.3 Å². The van der Waals surface area contributed by atoms with E-state index in [9.17, 15) is 9.59 Å². The molecule has 2 atom stereocenters. The van der Waals surface area contributed by atoms with E-state index in [2.05, 4.69) is 5.92 Å². The van der Waals surface area contributed by atoms with E-state index in [4.69, 9.17) is 11.2 Å². The number of Topliss-reactive ketones (excluding diaryl/α,β-unsaturated/α-hetero) is 1. The predicted molar refractivity (Wildman–Crippen MR) is 65.1 cm³/mol. The maximum Gasteiger partial charge on any atom is 0.307 e. The Balaban J connectivity index is 2.47. The van der Waals surface area contributed by atoms with Gasteiger partial charge in [0.2, 0.25) is 0 Å². The zero-order valence-corrected chi connectivity index (χ0v) is 10.1. The van der Waals surface area contributed by atoms with Gasteiger partial charge in [0.25, 0.3) is 0 Å². The lowest BCUT2D eigenvalue weighted by molar-refractivity contribution is -0.143. The van der Waals surface area contributed by atoms with Gasteiger partial charge in [-0.05, 0) is 25.2 Å². The number of ketones is 1. The van der Waals surface area contributed by atoms with Crippen molar-refractivity contribution in [2.24, 2.45) is 11.8 Å². The Morgan fingerprint density at radius 1 is 1.53 bits per heavy atom. The van der Waals surface area contributed by atoms with Crippen LogP contribution in [0.3, 0.4) is 0 Å². The fourth-order valence-electron chi connectivity index (χ4n) is 2.22. The first-order valence-electron chi connectivity index (χ1n) is 5.89. The number of carbonyl (C=O) groups is 2. The van der Waals surface area contributed by atoms with Crippen LogP contribution in [0.15, 0.2) is 12.2 Å². The second-order valence-corrected chi connectivity index (χ2v) is 4.34. The van der Waals surface area contributed by atoms with E-state index in [0.29, 0.717) is 19.3 Å². The summed E-state index contributed by atoms with van der Waals surface area (Å²) in [6, 6.07) is 0. The van der Waals surface area contributed by atoms with Crippen LogP contribution in [-0.2, 0) is 14.3 Å². The van der Waals surface area contributed by atoms with Crippen LogP contribution in [0.4, 0.5) is 0 Å². The minimum absolute atomic E-state index is 0.0129. The van der Waals surface area contributed by atoms with Crippen molar-refractivity contribution < 1.29 is 14.3 Å². The summed E-state index contributed by atoms with van der Waals surface area (Å²) in [4.78, 5) is 22.9. The van der Waals surface area contributed by atoms with E-state index in [-0.39, 0.29) is 30.2 Å². The summed E-state index contributed by atoms with van der Waals surface area (Å²) in [6.45, 7) is 1.96. The van der Waals surface area contributed by atoms with Crippen LogP contribution in [0.1, 0.15) is 32.6 Å². The lowest BCUT2D eigenvalue weighted by Crippen LogP contribution is -2.15. The van der Waals surface area contributed by atoms with Gasteiger partial charge in [-0.1, -0.05) is 18.1 Å². The van der Waals surface area contributed by atoms with E-state index in [1.54, 1.807) is 0 Å². The highest BCUT2D eigenvalue weighted by Crippen LogP contribution is 2.34. The van der Waals surface area contributed by atoms with Crippen molar-refractivity contribution in [1.82, 2.24) is 0 Å². The average molecular weight is 234 g/mol. The van der Waals surface area contributed by atoms with Gasteiger partial charge < -0.3 is 4.74 Å². The molecular weight excluding hydrogens is 216 g/mol. The summed E-state index contributed by atoms with van der Waals surface area (Å²) < 4.78 is 4.84. The summed E-state index contributed by atoms with van der Waals surface area (Å²) in [5.74, 6) is 2.59. The minimum Gasteiger partial charge on any atom is -0.452 e. The van der Waals surface area contributed by atoms with Gasteiger partial charge in [-0.15, -0.1) is 6.42 Å². The lowest BCUT2D eigenvalue weighted by atomic mass is 9.90. The minimum atomic E-state index is -0.298. The number of hydrogen-bond acceptors (Lipinski definition) is 3. The van der Waals surface area contributed by atoms with Gasteiger partial charge in [0.15, 0.2) is 6.61 Å². The second kappa shape index (κ2) is 6.90. The van der Waals surface area contributed by atoms with Crippen molar-refractivity contribution in [1.29, 1.82) is 0 Å². The first-order valence-corrected chi connectivity index (χ1v) is 5.89. The van der Waals surface area contributed by atoms with Crippen LogP contribution in [0.25, 0.3) is 0 Å². The normalized spacial score (nSPS) is 23.9. The SMILES string of the molecule is C#CCOC(=O)CC1CC(=O)CC1CC=CC. The molecule has 0 spiro atoms. The van der Waals surface area contributed by atoms with Crippen molar-refractivity contribution >= 4 is 11.8 Å². The summed E-state index contributed by atoms with van der Waals surface area (Å²) >= 11 is 0. The monoisotopic (exact) mass is 234 g/mol. The maximum absolute atomic E-state index is 11.4. The molecule has 0 aromatic rings. The molecule has 0 saturated heterocycles. The Hall–Kier alpha value is -1.56. The number of terminal acetylenes is 1. The van der Waals surface area contributed by atoms with Gasteiger partial charge in [-0.2, -0.15) is 0 Å². The third-order valence-electron chi connectivity index (χ3n) is 3.07. The molecule has 17 heavy (non-hydrogen) atoms. The van der Waals surface area contributed by atoms with Crippen LogP contribution in [0, 0.1) is 24.2 Å². The molecule has 1 rings (SSSR count). The van der Waals surface area contributed by atoms with Gasteiger partial charge >= 0.3 is 5.97 Å². The zero-order valence-electron chi connectivity index (χ0n) is 10.1. The van der Waals surface area contributed by atoms with Crippen LogP contribution in [0.5, 0.6) is 0 Å². The molecule has 0 aliphatic heterocycles.